The zero-order chi connectivity index (χ0) is 13.5. The Kier molecular flexibility index (Phi) is 6.09. The molecule has 98 valence electrons. The van der Waals surface area contributed by atoms with Crippen LogP contribution in [-0.2, 0) is 14.3 Å². The summed E-state index contributed by atoms with van der Waals surface area (Å²) in [7, 11) is 0. The van der Waals surface area contributed by atoms with Crippen LogP contribution >= 0.6 is 0 Å². The summed E-state index contributed by atoms with van der Waals surface area (Å²) < 4.78 is 9.65. The lowest BCUT2D eigenvalue weighted by Gasteiger charge is -2.19. The molecule has 0 radical (unpaired) electrons. The molecule has 0 rings (SSSR count). The SMILES string of the molecule is CCOC(=O)/C=C(\N)CNC(=O)OC(C)(C)C. The molecular formula is C11H20N2O4. The number of alkyl carbamates (subject to hydrolysis) is 1. The van der Waals surface area contributed by atoms with E-state index in [0.717, 1.165) is 6.08 Å². The first-order chi connectivity index (χ1) is 7.74. The Bertz CT molecular complexity index is 305. The van der Waals surface area contributed by atoms with Gasteiger partial charge in [-0.05, 0) is 27.7 Å². The van der Waals surface area contributed by atoms with E-state index in [1.807, 2.05) is 0 Å². The van der Waals surface area contributed by atoms with Crippen LogP contribution in [0.3, 0.4) is 0 Å². The summed E-state index contributed by atoms with van der Waals surface area (Å²) in [6, 6.07) is 0. The maximum Gasteiger partial charge on any atom is 0.407 e. The summed E-state index contributed by atoms with van der Waals surface area (Å²) in [6.07, 6.45) is 0.540. The molecule has 0 aliphatic rings. The van der Waals surface area contributed by atoms with Crippen molar-refractivity contribution in [1.82, 2.24) is 5.32 Å². The number of amides is 1. The first-order valence-electron chi connectivity index (χ1n) is 5.34. The molecule has 0 aromatic carbocycles. The number of nitrogens with one attached hydrogen (secondary N) is 1. The number of hydrogen-bond donors (Lipinski definition) is 2. The van der Waals surface area contributed by atoms with Crippen molar-refractivity contribution in [3.63, 3.8) is 0 Å². The highest BCUT2D eigenvalue weighted by Gasteiger charge is 2.15. The third kappa shape index (κ3) is 9.22. The van der Waals surface area contributed by atoms with Crippen LogP contribution in [0.15, 0.2) is 11.8 Å². The van der Waals surface area contributed by atoms with Crippen LogP contribution in [0.5, 0.6) is 0 Å². The molecule has 1 amide bonds. The van der Waals surface area contributed by atoms with Gasteiger partial charge >= 0.3 is 12.1 Å². The molecule has 0 aliphatic carbocycles. The Morgan fingerprint density at radius 2 is 1.94 bits per heavy atom. The molecule has 0 aromatic heterocycles. The molecule has 0 atom stereocenters. The van der Waals surface area contributed by atoms with Crippen molar-refractivity contribution < 1.29 is 19.1 Å². The zero-order valence-corrected chi connectivity index (χ0v) is 10.7. The second-order valence-corrected chi connectivity index (χ2v) is 4.33. The van der Waals surface area contributed by atoms with E-state index < -0.39 is 17.7 Å². The van der Waals surface area contributed by atoms with Gasteiger partial charge in [-0.3, -0.25) is 0 Å². The summed E-state index contributed by atoms with van der Waals surface area (Å²) in [4.78, 5) is 22.2. The third-order valence-corrected chi connectivity index (χ3v) is 1.43. The fourth-order valence-corrected chi connectivity index (χ4v) is 0.875. The molecule has 0 fully saturated rings. The fraction of sp³-hybridized carbons (Fsp3) is 0.636. The Hall–Kier alpha value is -1.72. The molecule has 0 spiro atoms. The number of ether oxygens (including phenoxy) is 2. The zero-order valence-electron chi connectivity index (χ0n) is 10.7. The minimum atomic E-state index is -0.585. The molecule has 0 bridgehead atoms. The van der Waals surface area contributed by atoms with Crippen LogP contribution in [0.2, 0.25) is 0 Å². The maximum absolute atomic E-state index is 11.2. The van der Waals surface area contributed by atoms with Crippen molar-refractivity contribution in [2.24, 2.45) is 5.73 Å². The van der Waals surface area contributed by atoms with Crippen molar-refractivity contribution in [2.75, 3.05) is 13.2 Å². The second-order valence-electron chi connectivity index (χ2n) is 4.33. The molecule has 0 saturated heterocycles. The largest absolute Gasteiger partial charge is 0.463 e. The van der Waals surface area contributed by atoms with E-state index in [1.54, 1.807) is 27.7 Å². The van der Waals surface area contributed by atoms with Gasteiger partial charge in [0.25, 0.3) is 0 Å². The molecule has 17 heavy (non-hydrogen) atoms. The van der Waals surface area contributed by atoms with Crippen molar-refractivity contribution >= 4 is 12.1 Å². The molecule has 0 aliphatic heterocycles. The van der Waals surface area contributed by atoms with Gasteiger partial charge in [0.15, 0.2) is 0 Å². The minimum absolute atomic E-state index is 0.0354. The van der Waals surface area contributed by atoms with Crippen LogP contribution in [-0.4, -0.2) is 30.8 Å². The molecule has 3 N–H and O–H groups in total. The number of esters is 1. The van der Waals surface area contributed by atoms with Crippen LogP contribution in [0, 0.1) is 0 Å². The van der Waals surface area contributed by atoms with Gasteiger partial charge in [0, 0.05) is 11.8 Å². The minimum Gasteiger partial charge on any atom is -0.463 e. The van der Waals surface area contributed by atoms with Gasteiger partial charge < -0.3 is 20.5 Å². The topological polar surface area (TPSA) is 90.6 Å². The lowest BCUT2D eigenvalue weighted by atomic mass is 10.2. The lowest BCUT2D eigenvalue weighted by molar-refractivity contribution is -0.137. The maximum atomic E-state index is 11.2. The average Bonchev–Trinajstić information content (AvgIpc) is 2.12. The van der Waals surface area contributed by atoms with E-state index in [2.05, 4.69) is 10.1 Å². The van der Waals surface area contributed by atoms with E-state index in [1.165, 1.54) is 0 Å². The van der Waals surface area contributed by atoms with Gasteiger partial charge in [-0.2, -0.15) is 0 Å². The molecule has 6 nitrogen and oxygen atoms in total. The van der Waals surface area contributed by atoms with E-state index in [9.17, 15) is 9.59 Å². The van der Waals surface area contributed by atoms with Gasteiger partial charge in [-0.25, -0.2) is 9.59 Å². The number of hydrogen-bond acceptors (Lipinski definition) is 5. The molecular weight excluding hydrogens is 224 g/mol. The smallest absolute Gasteiger partial charge is 0.407 e. The predicted octanol–water partition coefficient (Wildman–Crippen LogP) is 0.917. The standard InChI is InChI=1S/C11H20N2O4/c1-5-16-9(14)6-8(12)7-13-10(15)17-11(2,3)4/h6H,5,7,12H2,1-4H3,(H,13,15)/b8-6-. The van der Waals surface area contributed by atoms with Crippen LogP contribution in [0.4, 0.5) is 4.79 Å². The summed E-state index contributed by atoms with van der Waals surface area (Å²) in [6.45, 7) is 7.27. The predicted molar refractivity (Wildman–Crippen MR) is 63.1 cm³/mol. The van der Waals surface area contributed by atoms with Gasteiger partial charge in [0.1, 0.15) is 5.60 Å². The normalized spacial score (nSPS) is 11.9. The first-order valence-corrected chi connectivity index (χ1v) is 5.34. The van der Waals surface area contributed by atoms with Gasteiger partial charge in [0.2, 0.25) is 0 Å². The Morgan fingerprint density at radius 1 is 1.35 bits per heavy atom. The van der Waals surface area contributed by atoms with Crippen molar-refractivity contribution in [3.8, 4) is 0 Å². The number of nitrogens with two attached hydrogens (primary N) is 1. The van der Waals surface area contributed by atoms with Gasteiger partial charge in [-0.1, -0.05) is 0 Å². The Labute approximate surface area is 101 Å². The third-order valence-electron chi connectivity index (χ3n) is 1.43. The van der Waals surface area contributed by atoms with Crippen molar-refractivity contribution in [1.29, 1.82) is 0 Å². The van der Waals surface area contributed by atoms with E-state index in [-0.39, 0.29) is 18.8 Å². The summed E-state index contributed by atoms with van der Waals surface area (Å²) in [5.74, 6) is -0.531. The number of carbonyl (C=O) groups is 2. The summed E-state index contributed by atoms with van der Waals surface area (Å²) in [5.41, 5.74) is 5.14. The van der Waals surface area contributed by atoms with E-state index in [4.69, 9.17) is 10.5 Å². The monoisotopic (exact) mass is 244 g/mol. The summed E-state index contributed by atoms with van der Waals surface area (Å²) >= 11 is 0. The first kappa shape index (κ1) is 15.3. The quantitative estimate of drug-likeness (QED) is 0.566. The second kappa shape index (κ2) is 6.78. The highest BCUT2D eigenvalue weighted by atomic mass is 16.6. The Morgan fingerprint density at radius 3 is 2.41 bits per heavy atom. The highest BCUT2D eigenvalue weighted by molar-refractivity contribution is 5.82. The molecule has 0 aromatic rings. The van der Waals surface area contributed by atoms with Crippen LogP contribution in [0.25, 0.3) is 0 Å². The van der Waals surface area contributed by atoms with Gasteiger partial charge in [-0.15, -0.1) is 0 Å². The van der Waals surface area contributed by atoms with Crippen LogP contribution in [0.1, 0.15) is 27.7 Å². The fourth-order valence-electron chi connectivity index (χ4n) is 0.875. The Balaban J connectivity index is 4.03. The average molecular weight is 244 g/mol. The lowest BCUT2D eigenvalue weighted by Crippen LogP contribution is -2.34. The molecule has 0 saturated carbocycles. The number of rotatable bonds is 4. The summed E-state index contributed by atoms with van der Waals surface area (Å²) in [5, 5.41) is 2.42. The number of carbonyl (C=O) groups excluding carboxylic acids is 2. The molecule has 0 heterocycles. The van der Waals surface area contributed by atoms with Crippen LogP contribution < -0.4 is 11.1 Å². The van der Waals surface area contributed by atoms with Crippen molar-refractivity contribution in [3.05, 3.63) is 11.8 Å². The highest BCUT2D eigenvalue weighted by Crippen LogP contribution is 2.06. The molecule has 6 heteroatoms. The van der Waals surface area contributed by atoms with E-state index >= 15 is 0 Å². The van der Waals surface area contributed by atoms with E-state index in [0.29, 0.717) is 0 Å². The van der Waals surface area contributed by atoms with Crippen molar-refractivity contribution in [2.45, 2.75) is 33.3 Å². The van der Waals surface area contributed by atoms with Gasteiger partial charge in [0.05, 0.1) is 13.2 Å². The molecule has 0 unspecified atom stereocenters.